The van der Waals surface area contributed by atoms with E-state index in [1.54, 1.807) is 6.07 Å². The number of nitrogens with one attached hydrogen (secondary N) is 2. The Morgan fingerprint density at radius 2 is 1.60 bits per heavy atom. The number of methoxy groups -OCH3 is 1. The summed E-state index contributed by atoms with van der Waals surface area (Å²) in [6, 6.07) is 9.70. The average molecular weight is 414 g/mol. The second-order valence-corrected chi connectivity index (χ2v) is 7.25. The monoisotopic (exact) mass is 414 g/mol. The Morgan fingerprint density at radius 1 is 0.967 bits per heavy atom. The fraction of sp³-hybridized carbons (Fsp3) is 0.348. The number of carbonyl (C=O) groups is 3. The van der Waals surface area contributed by atoms with Gasteiger partial charge in [-0.2, -0.15) is 0 Å². The van der Waals surface area contributed by atoms with Crippen molar-refractivity contribution in [1.29, 1.82) is 0 Å². The summed E-state index contributed by atoms with van der Waals surface area (Å²) in [5.74, 6) is -1.97. The van der Waals surface area contributed by atoms with Gasteiger partial charge in [-0.15, -0.1) is 0 Å². The molecule has 0 aliphatic rings. The van der Waals surface area contributed by atoms with Crippen molar-refractivity contribution < 1.29 is 23.5 Å². The van der Waals surface area contributed by atoms with Crippen molar-refractivity contribution in [1.82, 2.24) is 10.6 Å². The zero-order chi connectivity index (χ0) is 22.3. The van der Waals surface area contributed by atoms with Gasteiger partial charge in [0.1, 0.15) is 17.9 Å². The third-order valence-corrected chi connectivity index (χ3v) is 4.88. The maximum atomic E-state index is 13.5. The maximum absolute atomic E-state index is 13.5. The number of carbonyl (C=O) groups excluding carboxylic acids is 3. The smallest absolute Gasteiger partial charge is 0.328 e. The minimum absolute atomic E-state index is 0.0838. The standard InChI is InChI=1S/C23H27FN2O4/c1-14-7-5-8-15(2)19(14)13-21(23(29)30-4)26-22(28)20(25-16(3)27)12-17-9-6-10-18(24)11-17/h5-11,20-21H,12-13H2,1-4H3,(H,25,27)(H,26,28)/t20-,21-/m1/s1. The van der Waals surface area contributed by atoms with Gasteiger partial charge in [-0.05, 0) is 48.2 Å². The van der Waals surface area contributed by atoms with Gasteiger partial charge < -0.3 is 15.4 Å². The van der Waals surface area contributed by atoms with E-state index in [1.165, 1.54) is 32.2 Å². The van der Waals surface area contributed by atoms with E-state index in [2.05, 4.69) is 10.6 Å². The molecule has 160 valence electrons. The zero-order valence-electron chi connectivity index (χ0n) is 17.6. The first kappa shape index (κ1) is 23.1. The lowest BCUT2D eigenvalue weighted by molar-refractivity contribution is -0.145. The number of esters is 1. The Bertz CT molecular complexity index is 909. The molecular formula is C23H27FN2O4. The van der Waals surface area contributed by atoms with Crippen molar-refractivity contribution in [3.8, 4) is 0 Å². The number of hydrogen-bond acceptors (Lipinski definition) is 4. The van der Waals surface area contributed by atoms with Gasteiger partial charge in [-0.3, -0.25) is 9.59 Å². The van der Waals surface area contributed by atoms with Crippen LogP contribution < -0.4 is 10.6 Å². The topological polar surface area (TPSA) is 84.5 Å². The predicted octanol–water partition coefficient (Wildman–Crippen LogP) is 2.39. The second-order valence-electron chi connectivity index (χ2n) is 7.25. The summed E-state index contributed by atoms with van der Waals surface area (Å²) in [7, 11) is 1.25. The molecule has 2 atom stereocenters. The van der Waals surface area contributed by atoms with Crippen molar-refractivity contribution in [2.75, 3.05) is 7.11 Å². The Balaban J connectivity index is 2.23. The molecule has 0 fully saturated rings. The van der Waals surface area contributed by atoms with Crippen LogP contribution in [-0.4, -0.2) is 37.0 Å². The lowest BCUT2D eigenvalue weighted by Crippen LogP contribution is -2.53. The van der Waals surface area contributed by atoms with Gasteiger partial charge in [-0.1, -0.05) is 30.3 Å². The fourth-order valence-electron chi connectivity index (χ4n) is 3.34. The van der Waals surface area contributed by atoms with Crippen LogP contribution in [0.5, 0.6) is 0 Å². The first-order valence-electron chi connectivity index (χ1n) is 9.66. The van der Waals surface area contributed by atoms with Crippen LogP contribution in [0.25, 0.3) is 0 Å². The van der Waals surface area contributed by atoms with Crippen LogP contribution in [0.4, 0.5) is 4.39 Å². The molecule has 0 aliphatic carbocycles. The van der Waals surface area contributed by atoms with Crippen molar-refractivity contribution in [2.45, 2.75) is 45.7 Å². The normalized spacial score (nSPS) is 12.6. The van der Waals surface area contributed by atoms with Crippen LogP contribution in [0.3, 0.4) is 0 Å². The molecule has 0 radical (unpaired) electrons. The summed E-state index contributed by atoms with van der Waals surface area (Å²) in [4.78, 5) is 36.9. The van der Waals surface area contributed by atoms with Crippen LogP contribution in [0.1, 0.15) is 29.2 Å². The number of hydrogen-bond donors (Lipinski definition) is 2. The summed E-state index contributed by atoms with van der Waals surface area (Å²) >= 11 is 0. The van der Waals surface area contributed by atoms with E-state index in [9.17, 15) is 18.8 Å². The van der Waals surface area contributed by atoms with Gasteiger partial charge in [-0.25, -0.2) is 9.18 Å². The molecule has 30 heavy (non-hydrogen) atoms. The molecule has 2 rings (SSSR count). The second kappa shape index (κ2) is 10.5. The van der Waals surface area contributed by atoms with Gasteiger partial charge in [0.05, 0.1) is 7.11 Å². The predicted molar refractivity (Wildman–Crippen MR) is 111 cm³/mol. The molecule has 6 nitrogen and oxygen atoms in total. The highest BCUT2D eigenvalue weighted by Gasteiger charge is 2.28. The highest BCUT2D eigenvalue weighted by atomic mass is 19.1. The summed E-state index contributed by atoms with van der Waals surface area (Å²) in [5.41, 5.74) is 3.48. The molecule has 2 N–H and O–H groups in total. The first-order chi connectivity index (χ1) is 14.2. The van der Waals surface area contributed by atoms with Crippen molar-refractivity contribution in [2.24, 2.45) is 0 Å². The third-order valence-electron chi connectivity index (χ3n) is 4.88. The Hall–Kier alpha value is -3.22. The Labute approximate surface area is 175 Å². The molecule has 7 heteroatoms. The van der Waals surface area contributed by atoms with Gasteiger partial charge in [0, 0.05) is 19.8 Å². The van der Waals surface area contributed by atoms with Crippen molar-refractivity contribution in [3.05, 3.63) is 70.5 Å². The number of aryl methyl sites for hydroxylation is 2. The van der Waals surface area contributed by atoms with E-state index in [0.717, 1.165) is 16.7 Å². The summed E-state index contributed by atoms with van der Waals surface area (Å²) in [6.07, 6.45) is 0.337. The summed E-state index contributed by atoms with van der Waals surface area (Å²) < 4.78 is 18.4. The number of amides is 2. The van der Waals surface area contributed by atoms with Gasteiger partial charge in [0.2, 0.25) is 11.8 Å². The van der Waals surface area contributed by atoms with E-state index in [0.29, 0.717) is 5.56 Å². The van der Waals surface area contributed by atoms with Crippen LogP contribution in [0, 0.1) is 19.7 Å². The molecule has 2 amide bonds. The fourth-order valence-corrected chi connectivity index (χ4v) is 3.34. The lowest BCUT2D eigenvalue weighted by atomic mass is 9.96. The molecule has 0 unspecified atom stereocenters. The maximum Gasteiger partial charge on any atom is 0.328 e. The number of ether oxygens (including phenoxy) is 1. The highest BCUT2D eigenvalue weighted by molar-refractivity contribution is 5.90. The molecule has 0 spiro atoms. The van der Waals surface area contributed by atoms with Gasteiger partial charge in [0.25, 0.3) is 0 Å². The Kier molecular flexibility index (Phi) is 8.09. The first-order valence-corrected chi connectivity index (χ1v) is 9.66. The molecule has 0 aliphatic heterocycles. The highest BCUT2D eigenvalue weighted by Crippen LogP contribution is 2.16. The van der Waals surface area contributed by atoms with E-state index >= 15 is 0 Å². The number of halogens is 1. The zero-order valence-corrected chi connectivity index (χ0v) is 17.6. The van der Waals surface area contributed by atoms with Crippen LogP contribution in [-0.2, 0) is 32.0 Å². The van der Waals surface area contributed by atoms with Gasteiger partial charge >= 0.3 is 5.97 Å². The average Bonchev–Trinajstić information content (AvgIpc) is 2.68. The lowest BCUT2D eigenvalue weighted by Gasteiger charge is -2.23. The van der Waals surface area contributed by atoms with E-state index in [4.69, 9.17) is 4.74 Å². The van der Waals surface area contributed by atoms with E-state index in [-0.39, 0.29) is 12.8 Å². The molecular weight excluding hydrogens is 387 g/mol. The van der Waals surface area contributed by atoms with E-state index < -0.39 is 35.7 Å². The van der Waals surface area contributed by atoms with Crippen molar-refractivity contribution in [3.63, 3.8) is 0 Å². The van der Waals surface area contributed by atoms with Crippen LogP contribution >= 0.6 is 0 Å². The minimum atomic E-state index is -0.963. The van der Waals surface area contributed by atoms with Gasteiger partial charge in [0.15, 0.2) is 0 Å². The quantitative estimate of drug-likeness (QED) is 0.650. The largest absolute Gasteiger partial charge is 0.467 e. The Morgan fingerprint density at radius 3 is 2.17 bits per heavy atom. The molecule has 2 aromatic rings. The molecule has 0 aromatic heterocycles. The number of benzene rings is 2. The van der Waals surface area contributed by atoms with Crippen molar-refractivity contribution >= 4 is 17.8 Å². The molecule has 0 saturated heterocycles. The van der Waals surface area contributed by atoms with E-state index in [1.807, 2.05) is 32.0 Å². The summed E-state index contributed by atoms with van der Waals surface area (Å²) in [6.45, 7) is 5.16. The van der Waals surface area contributed by atoms with Crippen LogP contribution in [0.15, 0.2) is 42.5 Å². The van der Waals surface area contributed by atoms with Crippen LogP contribution in [0.2, 0.25) is 0 Å². The summed E-state index contributed by atoms with van der Waals surface area (Å²) in [5, 5.41) is 5.26. The minimum Gasteiger partial charge on any atom is -0.467 e. The molecule has 0 saturated carbocycles. The third kappa shape index (κ3) is 6.40. The SMILES string of the molecule is COC(=O)[C@@H](Cc1c(C)cccc1C)NC(=O)[C@@H](Cc1cccc(F)c1)NC(C)=O. The number of rotatable bonds is 8. The molecule has 0 heterocycles. The molecule has 2 aromatic carbocycles. The molecule has 0 bridgehead atoms.